The minimum atomic E-state index is 0.559. The van der Waals surface area contributed by atoms with Crippen LogP contribution >= 0.6 is 0 Å². The molecule has 0 aromatic rings. The Morgan fingerprint density at radius 1 is 1.27 bits per heavy atom. The van der Waals surface area contributed by atoms with E-state index in [2.05, 4.69) is 13.8 Å². The van der Waals surface area contributed by atoms with Gasteiger partial charge in [0.1, 0.15) is 0 Å². The van der Waals surface area contributed by atoms with Gasteiger partial charge in [0.15, 0.2) is 0 Å². The maximum Gasteiger partial charge on any atom is -0.00179 e. The lowest BCUT2D eigenvalue weighted by molar-refractivity contribution is 0.0534. The molecule has 0 aromatic heterocycles. The highest BCUT2D eigenvalue weighted by Gasteiger charge is 2.40. The van der Waals surface area contributed by atoms with Crippen LogP contribution in [0.3, 0.4) is 0 Å². The zero-order valence-corrected chi connectivity index (χ0v) is 7.90. The quantitative estimate of drug-likeness (QED) is 0.663. The zero-order chi connectivity index (χ0) is 8.32. The first-order valence-electron chi connectivity index (χ1n) is 4.99. The Balaban J connectivity index is 2.51. The molecule has 0 heterocycles. The molecule has 1 rings (SSSR count). The Morgan fingerprint density at radius 3 is 1.91 bits per heavy atom. The van der Waals surface area contributed by atoms with Crippen molar-refractivity contribution < 1.29 is 0 Å². The molecule has 1 aliphatic rings. The van der Waals surface area contributed by atoms with E-state index in [1.54, 1.807) is 0 Å². The molecule has 0 spiro atoms. The third kappa shape index (κ3) is 1.44. The predicted molar refractivity (Wildman–Crippen MR) is 49.4 cm³/mol. The number of nitrogens with two attached hydrogens (primary N) is 1. The fourth-order valence-corrected chi connectivity index (χ4v) is 2.56. The minimum Gasteiger partial charge on any atom is -0.330 e. The van der Waals surface area contributed by atoms with Gasteiger partial charge < -0.3 is 5.73 Å². The van der Waals surface area contributed by atoms with E-state index < -0.39 is 0 Å². The highest BCUT2D eigenvalue weighted by molar-refractivity contribution is 4.93. The molecule has 1 aliphatic carbocycles. The molecular weight excluding hydrogens is 134 g/mol. The van der Waals surface area contributed by atoms with Gasteiger partial charge in [0, 0.05) is 0 Å². The molecule has 0 bridgehead atoms. The number of hydrogen-bond donors (Lipinski definition) is 1. The van der Waals surface area contributed by atoms with Crippen LogP contribution in [0.4, 0.5) is 0 Å². The van der Waals surface area contributed by atoms with Crippen molar-refractivity contribution in [2.24, 2.45) is 17.1 Å². The molecule has 0 atom stereocenters. The van der Waals surface area contributed by atoms with Crippen LogP contribution in [0.5, 0.6) is 0 Å². The van der Waals surface area contributed by atoms with Crippen molar-refractivity contribution in [1.29, 1.82) is 0 Å². The smallest absolute Gasteiger partial charge is 0.00179 e. The molecule has 2 N–H and O–H groups in total. The summed E-state index contributed by atoms with van der Waals surface area (Å²) in [7, 11) is 0. The normalized spacial score (nSPS) is 21.8. The van der Waals surface area contributed by atoms with Gasteiger partial charge >= 0.3 is 0 Å². The first-order valence-corrected chi connectivity index (χ1v) is 4.99. The Labute approximate surface area is 70.4 Å². The van der Waals surface area contributed by atoms with Crippen LogP contribution in [0.15, 0.2) is 0 Å². The molecular formula is C10H21N. The molecule has 0 amide bonds. The standard InChI is InChI=1S/C10H21N/c1-3-9(4-2)10(8-11)6-5-7-10/h9H,3-8,11H2,1-2H3. The van der Waals surface area contributed by atoms with Gasteiger partial charge in [0.05, 0.1) is 0 Å². The second-order valence-corrected chi connectivity index (χ2v) is 3.93. The topological polar surface area (TPSA) is 26.0 Å². The summed E-state index contributed by atoms with van der Waals surface area (Å²) in [5, 5.41) is 0. The van der Waals surface area contributed by atoms with E-state index in [9.17, 15) is 0 Å². The first-order chi connectivity index (χ1) is 5.29. The van der Waals surface area contributed by atoms with Crippen LogP contribution in [0.2, 0.25) is 0 Å². The maximum atomic E-state index is 5.82. The van der Waals surface area contributed by atoms with Gasteiger partial charge in [-0.25, -0.2) is 0 Å². The highest BCUT2D eigenvalue weighted by Crippen LogP contribution is 2.48. The molecule has 0 radical (unpaired) electrons. The van der Waals surface area contributed by atoms with Crippen molar-refractivity contribution in [3.8, 4) is 0 Å². The van der Waals surface area contributed by atoms with Gasteiger partial charge in [-0.3, -0.25) is 0 Å². The molecule has 1 saturated carbocycles. The van der Waals surface area contributed by atoms with Gasteiger partial charge in [-0.05, 0) is 30.7 Å². The van der Waals surface area contributed by atoms with Crippen LogP contribution in [-0.2, 0) is 0 Å². The summed E-state index contributed by atoms with van der Waals surface area (Å²) in [5.41, 5.74) is 6.38. The summed E-state index contributed by atoms with van der Waals surface area (Å²) in [6, 6.07) is 0. The van der Waals surface area contributed by atoms with Gasteiger partial charge in [-0.1, -0.05) is 33.1 Å². The average Bonchev–Trinajstić information content (AvgIpc) is 1.96. The van der Waals surface area contributed by atoms with Gasteiger partial charge in [0.25, 0.3) is 0 Å². The van der Waals surface area contributed by atoms with Crippen LogP contribution in [0.25, 0.3) is 0 Å². The predicted octanol–water partition coefficient (Wildman–Crippen LogP) is 2.55. The van der Waals surface area contributed by atoms with Crippen molar-refractivity contribution in [2.45, 2.75) is 46.0 Å². The van der Waals surface area contributed by atoms with E-state index >= 15 is 0 Å². The van der Waals surface area contributed by atoms with E-state index in [4.69, 9.17) is 5.73 Å². The SMILES string of the molecule is CCC(CC)C1(CN)CCC1. The van der Waals surface area contributed by atoms with E-state index in [-0.39, 0.29) is 0 Å². The average molecular weight is 155 g/mol. The van der Waals surface area contributed by atoms with Crippen LogP contribution < -0.4 is 5.73 Å². The summed E-state index contributed by atoms with van der Waals surface area (Å²) in [4.78, 5) is 0. The second kappa shape index (κ2) is 3.57. The van der Waals surface area contributed by atoms with Gasteiger partial charge in [-0.15, -0.1) is 0 Å². The Hall–Kier alpha value is -0.0400. The van der Waals surface area contributed by atoms with Crippen molar-refractivity contribution in [3.63, 3.8) is 0 Å². The summed E-state index contributed by atoms with van der Waals surface area (Å²) in [5.74, 6) is 0.890. The molecule has 0 unspecified atom stereocenters. The summed E-state index contributed by atoms with van der Waals surface area (Å²) >= 11 is 0. The number of rotatable bonds is 4. The highest BCUT2D eigenvalue weighted by atomic mass is 14.6. The molecule has 1 fully saturated rings. The lowest BCUT2D eigenvalue weighted by Crippen LogP contribution is -2.43. The first kappa shape index (κ1) is 9.05. The molecule has 11 heavy (non-hydrogen) atoms. The third-order valence-corrected chi connectivity index (χ3v) is 3.61. The van der Waals surface area contributed by atoms with Gasteiger partial charge in [0.2, 0.25) is 0 Å². The Kier molecular flexibility index (Phi) is 2.94. The number of hydrogen-bond acceptors (Lipinski definition) is 1. The maximum absolute atomic E-state index is 5.82. The molecule has 0 aliphatic heterocycles. The fraction of sp³-hybridized carbons (Fsp3) is 1.00. The van der Waals surface area contributed by atoms with Crippen LogP contribution in [0.1, 0.15) is 46.0 Å². The lowest BCUT2D eigenvalue weighted by atomic mass is 9.59. The summed E-state index contributed by atoms with van der Waals surface area (Å²) in [6.45, 7) is 5.51. The Bertz CT molecular complexity index is 107. The van der Waals surface area contributed by atoms with E-state index in [1.165, 1.54) is 32.1 Å². The zero-order valence-electron chi connectivity index (χ0n) is 7.90. The fourth-order valence-electron chi connectivity index (χ4n) is 2.56. The van der Waals surface area contributed by atoms with Crippen LogP contribution in [0, 0.1) is 11.3 Å². The van der Waals surface area contributed by atoms with Crippen molar-refractivity contribution in [1.82, 2.24) is 0 Å². The summed E-state index contributed by atoms with van der Waals surface area (Å²) in [6.07, 6.45) is 6.81. The Morgan fingerprint density at radius 2 is 1.82 bits per heavy atom. The van der Waals surface area contributed by atoms with Gasteiger partial charge in [-0.2, -0.15) is 0 Å². The largest absolute Gasteiger partial charge is 0.330 e. The van der Waals surface area contributed by atoms with E-state index in [0.29, 0.717) is 5.41 Å². The summed E-state index contributed by atoms with van der Waals surface area (Å²) < 4.78 is 0. The van der Waals surface area contributed by atoms with E-state index in [1.807, 2.05) is 0 Å². The van der Waals surface area contributed by atoms with Crippen molar-refractivity contribution >= 4 is 0 Å². The van der Waals surface area contributed by atoms with Crippen molar-refractivity contribution in [3.05, 3.63) is 0 Å². The monoisotopic (exact) mass is 155 g/mol. The van der Waals surface area contributed by atoms with Crippen molar-refractivity contribution in [2.75, 3.05) is 6.54 Å². The molecule has 66 valence electrons. The van der Waals surface area contributed by atoms with E-state index in [0.717, 1.165) is 12.5 Å². The molecule has 1 nitrogen and oxygen atoms in total. The lowest BCUT2D eigenvalue weighted by Gasteiger charge is -2.47. The third-order valence-electron chi connectivity index (χ3n) is 3.61. The second-order valence-electron chi connectivity index (χ2n) is 3.93. The van der Waals surface area contributed by atoms with Crippen LogP contribution in [-0.4, -0.2) is 6.54 Å². The molecule has 1 heteroatoms. The molecule has 0 saturated heterocycles. The minimum absolute atomic E-state index is 0.559. The molecule has 0 aromatic carbocycles.